The van der Waals surface area contributed by atoms with Crippen molar-refractivity contribution in [2.75, 3.05) is 58.5 Å². The molecule has 0 radical (unpaired) electrons. The minimum Gasteiger partial charge on any atom is -0.497 e. The number of nitrogens with zero attached hydrogens (tertiary/aromatic N) is 3. The molecule has 2 aliphatic rings. The van der Waals surface area contributed by atoms with Gasteiger partial charge in [-0.1, -0.05) is 0 Å². The van der Waals surface area contributed by atoms with Crippen LogP contribution in [0.2, 0.25) is 0 Å². The first-order chi connectivity index (χ1) is 14.6. The summed E-state index contributed by atoms with van der Waals surface area (Å²) in [5.74, 6) is 2.60. The monoisotopic (exact) mass is 414 g/mol. The fourth-order valence-corrected chi connectivity index (χ4v) is 4.20. The Hall–Kier alpha value is -2.58. The summed E-state index contributed by atoms with van der Waals surface area (Å²) in [7, 11) is 3.34. The lowest BCUT2D eigenvalue weighted by Gasteiger charge is -2.32. The number of rotatable bonds is 6. The molecule has 8 heteroatoms. The molecular weight excluding hydrogens is 384 g/mol. The second-order valence-corrected chi connectivity index (χ2v) is 7.86. The van der Waals surface area contributed by atoms with Crippen molar-refractivity contribution >= 4 is 5.95 Å². The molecule has 30 heavy (non-hydrogen) atoms. The van der Waals surface area contributed by atoms with Crippen LogP contribution in [0.4, 0.5) is 5.95 Å². The fraction of sp³-hybridized carbons (Fsp3) is 0.545. The van der Waals surface area contributed by atoms with Gasteiger partial charge in [0, 0.05) is 37.7 Å². The van der Waals surface area contributed by atoms with E-state index in [1.54, 1.807) is 20.3 Å². The molecule has 1 aromatic carbocycles. The van der Waals surface area contributed by atoms with Gasteiger partial charge in [-0.05, 0) is 43.6 Å². The number of H-pyrrole nitrogens is 1. The number of nitrogens with one attached hydrogen (secondary N) is 1. The SMILES string of the molecule is COc1cc(CN2CCC(c3cc(=O)[nH]c(N4CCOCC4)n3)CC2)cc(OC)c1. The second-order valence-electron chi connectivity index (χ2n) is 7.86. The highest BCUT2D eigenvalue weighted by atomic mass is 16.5. The molecule has 0 atom stereocenters. The number of anilines is 1. The fourth-order valence-electron chi connectivity index (χ4n) is 4.20. The summed E-state index contributed by atoms with van der Waals surface area (Å²) in [6.45, 7) is 5.63. The highest BCUT2D eigenvalue weighted by molar-refractivity contribution is 5.38. The second kappa shape index (κ2) is 9.49. The van der Waals surface area contributed by atoms with E-state index in [9.17, 15) is 4.79 Å². The van der Waals surface area contributed by atoms with Gasteiger partial charge in [0.2, 0.25) is 5.95 Å². The Morgan fingerprint density at radius 3 is 2.33 bits per heavy atom. The maximum atomic E-state index is 12.2. The molecular formula is C22H30N4O4. The van der Waals surface area contributed by atoms with Gasteiger partial charge in [0.05, 0.1) is 33.1 Å². The number of benzene rings is 1. The van der Waals surface area contributed by atoms with Crippen LogP contribution in [0.1, 0.15) is 30.0 Å². The normalized spacial score (nSPS) is 18.4. The number of piperidine rings is 1. The van der Waals surface area contributed by atoms with Crippen molar-refractivity contribution in [2.24, 2.45) is 0 Å². The lowest BCUT2D eigenvalue weighted by atomic mass is 9.93. The molecule has 0 amide bonds. The van der Waals surface area contributed by atoms with E-state index in [1.165, 1.54) is 5.56 Å². The van der Waals surface area contributed by atoms with Crippen molar-refractivity contribution in [3.05, 3.63) is 45.9 Å². The topological polar surface area (TPSA) is 79.9 Å². The van der Waals surface area contributed by atoms with E-state index in [1.807, 2.05) is 6.07 Å². The van der Waals surface area contributed by atoms with E-state index in [2.05, 4.69) is 26.9 Å². The van der Waals surface area contributed by atoms with Crippen LogP contribution >= 0.6 is 0 Å². The summed E-state index contributed by atoms with van der Waals surface area (Å²) < 4.78 is 16.2. The van der Waals surface area contributed by atoms with Crippen molar-refractivity contribution in [2.45, 2.75) is 25.3 Å². The minimum absolute atomic E-state index is 0.0765. The van der Waals surface area contributed by atoms with Crippen LogP contribution in [0.15, 0.2) is 29.1 Å². The molecule has 2 saturated heterocycles. The van der Waals surface area contributed by atoms with E-state index < -0.39 is 0 Å². The quantitative estimate of drug-likeness (QED) is 0.774. The molecule has 0 saturated carbocycles. The Labute approximate surface area is 176 Å². The highest BCUT2D eigenvalue weighted by Gasteiger charge is 2.24. The zero-order valence-corrected chi connectivity index (χ0v) is 17.7. The van der Waals surface area contributed by atoms with Gasteiger partial charge >= 0.3 is 0 Å². The van der Waals surface area contributed by atoms with Crippen molar-refractivity contribution in [1.29, 1.82) is 0 Å². The molecule has 0 spiro atoms. The number of hydrogen-bond donors (Lipinski definition) is 1. The average molecular weight is 415 g/mol. The number of hydrogen-bond acceptors (Lipinski definition) is 7. The lowest BCUT2D eigenvalue weighted by Crippen LogP contribution is -2.39. The van der Waals surface area contributed by atoms with E-state index in [0.29, 0.717) is 25.1 Å². The van der Waals surface area contributed by atoms with Crippen molar-refractivity contribution < 1.29 is 14.2 Å². The smallest absolute Gasteiger partial charge is 0.252 e. The summed E-state index contributed by atoms with van der Waals surface area (Å²) in [5, 5.41) is 0. The van der Waals surface area contributed by atoms with Gasteiger partial charge in [-0.25, -0.2) is 4.98 Å². The Morgan fingerprint density at radius 1 is 1.03 bits per heavy atom. The summed E-state index contributed by atoms with van der Waals surface area (Å²) in [5.41, 5.74) is 2.00. The Kier molecular flexibility index (Phi) is 6.54. The molecule has 1 aromatic heterocycles. The molecule has 2 fully saturated rings. The molecule has 8 nitrogen and oxygen atoms in total. The summed E-state index contributed by atoms with van der Waals surface area (Å²) in [4.78, 5) is 24.5. The van der Waals surface area contributed by atoms with Crippen LogP contribution in [0, 0.1) is 0 Å². The molecule has 4 rings (SSSR count). The standard InChI is InChI=1S/C22H30N4O4/c1-28-18-11-16(12-19(13-18)29-2)15-25-5-3-17(4-6-25)20-14-21(27)24-22(23-20)26-7-9-30-10-8-26/h11-14,17H,3-10,15H2,1-2H3,(H,23,24,27). The van der Waals surface area contributed by atoms with Crippen molar-refractivity contribution in [3.63, 3.8) is 0 Å². The Morgan fingerprint density at radius 2 is 1.70 bits per heavy atom. The number of aromatic nitrogens is 2. The van der Waals surface area contributed by atoms with Gasteiger partial charge < -0.3 is 19.1 Å². The van der Waals surface area contributed by atoms with Crippen LogP contribution < -0.4 is 19.9 Å². The Balaban J connectivity index is 1.40. The van der Waals surface area contributed by atoms with Gasteiger partial charge in [0.1, 0.15) is 11.5 Å². The van der Waals surface area contributed by atoms with E-state index in [0.717, 1.165) is 62.8 Å². The molecule has 2 aromatic rings. The first-order valence-electron chi connectivity index (χ1n) is 10.5. The van der Waals surface area contributed by atoms with Crippen LogP contribution in [-0.4, -0.2) is 68.5 Å². The van der Waals surface area contributed by atoms with E-state index >= 15 is 0 Å². The zero-order chi connectivity index (χ0) is 20.9. The predicted molar refractivity (Wildman–Crippen MR) is 115 cm³/mol. The van der Waals surface area contributed by atoms with Crippen molar-refractivity contribution in [1.82, 2.24) is 14.9 Å². The zero-order valence-electron chi connectivity index (χ0n) is 17.7. The molecule has 162 valence electrons. The third kappa shape index (κ3) is 4.94. The maximum absolute atomic E-state index is 12.2. The molecule has 1 N–H and O–H groups in total. The largest absolute Gasteiger partial charge is 0.497 e. The number of methoxy groups -OCH3 is 2. The summed E-state index contributed by atoms with van der Waals surface area (Å²) >= 11 is 0. The van der Waals surface area contributed by atoms with Gasteiger partial charge in [0.15, 0.2) is 0 Å². The third-order valence-electron chi connectivity index (χ3n) is 5.88. The van der Waals surface area contributed by atoms with Crippen LogP contribution in [0.25, 0.3) is 0 Å². The molecule has 0 bridgehead atoms. The molecule has 2 aliphatic heterocycles. The molecule has 0 unspecified atom stereocenters. The molecule has 0 aliphatic carbocycles. The summed E-state index contributed by atoms with van der Waals surface area (Å²) in [6, 6.07) is 7.67. The van der Waals surface area contributed by atoms with Crippen LogP contribution in [0.5, 0.6) is 11.5 Å². The van der Waals surface area contributed by atoms with Crippen molar-refractivity contribution in [3.8, 4) is 11.5 Å². The van der Waals surface area contributed by atoms with Gasteiger partial charge in [-0.3, -0.25) is 14.7 Å². The number of morpholine rings is 1. The first-order valence-corrected chi connectivity index (χ1v) is 10.5. The lowest BCUT2D eigenvalue weighted by molar-refractivity contribution is 0.122. The number of likely N-dealkylation sites (tertiary alicyclic amines) is 1. The minimum atomic E-state index is -0.0765. The molecule has 3 heterocycles. The summed E-state index contributed by atoms with van der Waals surface area (Å²) in [6.07, 6.45) is 1.97. The third-order valence-corrected chi connectivity index (χ3v) is 5.88. The Bertz CT molecular complexity index is 880. The first kappa shape index (κ1) is 20.7. The van der Waals surface area contributed by atoms with Gasteiger partial charge in [-0.2, -0.15) is 0 Å². The number of ether oxygens (including phenoxy) is 3. The van der Waals surface area contributed by atoms with Crippen LogP contribution in [-0.2, 0) is 11.3 Å². The predicted octanol–water partition coefficient (Wildman–Crippen LogP) is 2.00. The van der Waals surface area contributed by atoms with E-state index in [-0.39, 0.29) is 5.56 Å². The van der Waals surface area contributed by atoms with Gasteiger partial charge in [-0.15, -0.1) is 0 Å². The van der Waals surface area contributed by atoms with E-state index in [4.69, 9.17) is 19.2 Å². The number of aromatic amines is 1. The highest BCUT2D eigenvalue weighted by Crippen LogP contribution is 2.29. The van der Waals surface area contributed by atoms with Gasteiger partial charge in [0.25, 0.3) is 5.56 Å². The van der Waals surface area contributed by atoms with Crippen LogP contribution in [0.3, 0.4) is 0 Å². The maximum Gasteiger partial charge on any atom is 0.252 e. The average Bonchev–Trinajstić information content (AvgIpc) is 2.79.